The van der Waals surface area contributed by atoms with E-state index in [2.05, 4.69) is 25.6 Å². The molecule has 1 aliphatic heterocycles. The van der Waals surface area contributed by atoms with Crippen LogP contribution in [0.4, 0.5) is 17.3 Å². The number of furan rings is 1. The quantitative estimate of drug-likeness (QED) is 0.575. The molecule has 0 fully saturated rings. The molecule has 3 N–H and O–H groups in total. The number of methoxy groups -OCH3 is 1. The minimum absolute atomic E-state index is 0.0381. The van der Waals surface area contributed by atoms with Crippen LogP contribution in [0.1, 0.15) is 11.7 Å². The molecule has 1 unspecified atom stereocenters. The van der Waals surface area contributed by atoms with Gasteiger partial charge in [0.25, 0.3) is 10.0 Å². The predicted octanol–water partition coefficient (Wildman–Crippen LogP) is 3.99. The van der Waals surface area contributed by atoms with Crippen molar-refractivity contribution < 1.29 is 17.6 Å². The molecule has 3 aromatic rings. The van der Waals surface area contributed by atoms with Crippen molar-refractivity contribution in [1.82, 2.24) is 0 Å². The van der Waals surface area contributed by atoms with E-state index in [1.165, 1.54) is 13.2 Å². The Bertz CT molecular complexity index is 1180. The Hall–Kier alpha value is -2.82. The highest BCUT2D eigenvalue weighted by Gasteiger charge is 2.25. The van der Waals surface area contributed by atoms with Crippen LogP contribution in [0.2, 0.25) is 0 Å². The second kappa shape index (κ2) is 7.54. The Kier molecular flexibility index (Phi) is 5.07. The van der Waals surface area contributed by atoms with Crippen LogP contribution >= 0.6 is 15.9 Å². The largest absolute Gasteiger partial charge is 0.495 e. The molecular weight excluding hydrogens is 460 g/mol. The molecule has 0 radical (unpaired) electrons. The number of hydrogen-bond acceptors (Lipinski definition) is 7. The number of sulfonamides is 1. The summed E-state index contributed by atoms with van der Waals surface area (Å²) >= 11 is 3.29. The highest BCUT2D eigenvalue weighted by molar-refractivity contribution is 9.10. The molecule has 29 heavy (non-hydrogen) atoms. The topological polar surface area (TPSA) is 110 Å². The molecule has 1 aliphatic rings. The number of fused-ring (bicyclic) bond motifs is 1. The van der Waals surface area contributed by atoms with Crippen LogP contribution in [-0.2, 0) is 10.0 Å². The van der Waals surface area contributed by atoms with Crippen LogP contribution in [0.5, 0.6) is 5.75 Å². The maximum absolute atomic E-state index is 12.8. The van der Waals surface area contributed by atoms with Crippen molar-refractivity contribution in [3.8, 4) is 5.75 Å². The molecule has 0 bridgehead atoms. The van der Waals surface area contributed by atoms with E-state index in [1.54, 1.807) is 60.0 Å². The number of benzene rings is 2. The fourth-order valence-corrected chi connectivity index (χ4v) is 4.74. The summed E-state index contributed by atoms with van der Waals surface area (Å²) in [6, 6.07) is 13.4. The van der Waals surface area contributed by atoms with E-state index in [9.17, 15) is 8.42 Å². The molecule has 0 aliphatic carbocycles. The third-order valence-electron chi connectivity index (χ3n) is 4.42. The number of halogens is 1. The van der Waals surface area contributed by atoms with Crippen LogP contribution in [0.3, 0.4) is 0 Å². The van der Waals surface area contributed by atoms with E-state index in [0.717, 1.165) is 11.3 Å². The van der Waals surface area contributed by atoms with Crippen LogP contribution in [0, 0.1) is 0 Å². The van der Waals surface area contributed by atoms with Crippen LogP contribution < -0.4 is 20.1 Å². The number of nitrogens with one attached hydrogen (secondary N) is 1. The van der Waals surface area contributed by atoms with Crippen molar-refractivity contribution in [2.24, 2.45) is 10.7 Å². The number of ether oxygens (including phenoxy) is 1. The average Bonchev–Trinajstić information content (AvgIpc) is 3.19. The molecule has 2 heterocycles. The Morgan fingerprint density at radius 2 is 1.97 bits per heavy atom. The highest BCUT2D eigenvalue weighted by atomic mass is 79.9. The first kappa shape index (κ1) is 19.5. The molecule has 0 saturated heterocycles. The molecule has 0 saturated carbocycles. The van der Waals surface area contributed by atoms with Gasteiger partial charge in [-0.25, -0.2) is 13.4 Å². The first-order chi connectivity index (χ1) is 13.9. The summed E-state index contributed by atoms with van der Waals surface area (Å²) in [6.45, 7) is 0. The normalized spacial score (nSPS) is 15.8. The van der Waals surface area contributed by atoms with Gasteiger partial charge in [0.2, 0.25) is 5.88 Å². The number of nitrogens with zero attached hydrogens (tertiary/aromatic N) is 2. The number of aliphatic imine (C=N–C) groups is 1. The van der Waals surface area contributed by atoms with Gasteiger partial charge in [0.1, 0.15) is 23.1 Å². The second-order valence-corrected chi connectivity index (χ2v) is 8.79. The maximum atomic E-state index is 12.8. The SMILES string of the molecule is COc1ccc(Br)cc1S(=O)(=O)Nc1ccc(N2C=Nc3occc3C2N)cc1. The Morgan fingerprint density at radius 3 is 2.69 bits per heavy atom. The van der Waals surface area contributed by atoms with E-state index in [0.29, 0.717) is 16.0 Å². The zero-order valence-electron chi connectivity index (χ0n) is 15.2. The lowest BCUT2D eigenvalue weighted by molar-refractivity contribution is 0.403. The number of hydrogen-bond donors (Lipinski definition) is 2. The van der Waals surface area contributed by atoms with Gasteiger partial charge in [0.15, 0.2) is 0 Å². The van der Waals surface area contributed by atoms with Crippen molar-refractivity contribution in [3.63, 3.8) is 0 Å². The Labute approximate surface area is 176 Å². The number of anilines is 2. The lowest BCUT2D eigenvalue weighted by Gasteiger charge is -2.29. The van der Waals surface area contributed by atoms with E-state index in [-0.39, 0.29) is 10.6 Å². The van der Waals surface area contributed by atoms with Gasteiger partial charge in [-0.1, -0.05) is 15.9 Å². The molecule has 150 valence electrons. The molecule has 1 atom stereocenters. The minimum Gasteiger partial charge on any atom is -0.495 e. The van der Waals surface area contributed by atoms with Crippen molar-refractivity contribution in [2.45, 2.75) is 11.1 Å². The third kappa shape index (κ3) is 3.74. The summed E-state index contributed by atoms with van der Waals surface area (Å²) < 4.78 is 39.2. The maximum Gasteiger partial charge on any atom is 0.265 e. The van der Waals surface area contributed by atoms with Gasteiger partial charge in [0.05, 0.1) is 18.9 Å². The van der Waals surface area contributed by atoms with E-state index in [4.69, 9.17) is 14.9 Å². The molecule has 10 heteroatoms. The number of rotatable bonds is 5. The van der Waals surface area contributed by atoms with Crippen LogP contribution in [-0.4, -0.2) is 21.9 Å². The third-order valence-corrected chi connectivity index (χ3v) is 6.32. The summed E-state index contributed by atoms with van der Waals surface area (Å²) in [5.41, 5.74) is 8.22. The monoisotopic (exact) mass is 476 g/mol. The van der Waals surface area contributed by atoms with Gasteiger partial charge in [-0.05, 0) is 48.5 Å². The van der Waals surface area contributed by atoms with Crippen LogP contribution in [0.25, 0.3) is 0 Å². The fraction of sp³-hybridized carbons (Fsp3) is 0.105. The predicted molar refractivity (Wildman–Crippen MR) is 114 cm³/mol. The lowest BCUT2D eigenvalue weighted by atomic mass is 10.2. The zero-order chi connectivity index (χ0) is 20.6. The minimum atomic E-state index is -3.84. The van der Waals surface area contributed by atoms with Crippen molar-refractivity contribution >= 4 is 49.6 Å². The molecule has 8 nitrogen and oxygen atoms in total. The van der Waals surface area contributed by atoms with E-state index >= 15 is 0 Å². The first-order valence-electron chi connectivity index (χ1n) is 8.51. The second-order valence-electron chi connectivity index (χ2n) is 6.23. The fourth-order valence-electron chi connectivity index (χ4n) is 2.98. The van der Waals surface area contributed by atoms with E-state index in [1.807, 2.05) is 0 Å². The van der Waals surface area contributed by atoms with Crippen LogP contribution in [0.15, 0.2) is 73.6 Å². The highest BCUT2D eigenvalue weighted by Crippen LogP contribution is 2.34. The summed E-state index contributed by atoms with van der Waals surface area (Å²) in [6.07, 6.45) is 2.68. The molecular formula is C19H17BrN4O4S. The van der Waals surface area contributed by atoms with Gasteiger partial charge in [-0.2, -0.15) is 0 Å². The lowest BCUT2D eigenvalue weighted by Crippen LogP contribution is -2.35. The van der Waals surface area contributed by atoms with Gasteiger partial charge < -0.3 is 19.8 Å². The zero-order valence-corrected chi connectivity index (χ0v) is 17.6. The first-order valence-corrected chi connectivity index (χ1v) is 10.8. The molecule has 1 aromatic heterocycles. The summed E-state index contributed by atoms with van der Waals surface area (Å²) in [4.78, 5) is 6.04. The van der Waals surface area contributed by atoms with Crippen molar-refractivity contribution in [2.75, 3.05) is 16.7 Å². The van der Waals surface area contributed by atoms with Gasteiger partial charge in [-0.3, -0.25) is 4.72 Å². The van der Waals surface area contributed by atoms with E-state index < -0.39 is 16.2 Å². The summed E-state index contributed by atoms with van der Waals surface area (Å²) in [5.74, 6) is 0.741. The number of nitrogens with two attached hydrogens (primary N) is 1. The molecule has 4 rings (SSSR count). The molecule has 0 amide bonds. The molecule has 2 aromatic carbocycles. The summed E-state index contributed by atoms with van der Waals surface area (Å²) in [7, 11) is -2.42. The Morgan fingerprint density at radius 1 is 1.21 bits per heavy atom. The van der Waals surface area contributed by atoms with Gasteiger partial charge in [-0.15, -0.1) is 0 Å². The Balaban J connectivity index is 1.57. The average molecular weight is 477 g/mol. The van der Waals surface area contributed by atoms with Gasteiger partial charge >= 0.3 is 0 Å². The van der Waals surface area contributed by atoms with Crippen molar-refractivity contribution in [1.29, 1.82) is 0 Å². The smallest absolute Gasteiger partial charge is 0.265 e. The summed E-state index contributed by atoms with van der Waals surface area (Å²) in [5, 5.41) is 0. The van der Waals surface area contributed by atoms with Crippen molar-refractivity contribution in [3.05, 3.63) is 64.8 Å². The molecule has 0 spiro atoms. The standard InChI is InChI=1S/C19H17BrN4O4S/c1-27-16-7-2-12(20)10-17(16)29(25,26)23-13-3-5-14(6-4-13)24-11-22-19-15(18(24)21)8-9-28-19/h2-11,18,23H,21H2,1H3. The van der Waals surface area contributed by atoms with Gasteiger partial charge in [0, 0.05) is 15.8 Å².